The molecule has 0 aliphatic carbocycles. The predicted octanol–water partition coefficient (Wildman–Crippen LogP) is 1.66. The molecule has 0 radical (unpaired) electrons. The van der Waals surface area contributed by atoms with Gasteiger partial charge < -0.3 is 20.7 Å². The van der Waals surface area contributed by atoms with Crippen LogP contribution in [-0.4, -0.2) is 53.2 Å². The molecular weight excluding hydrogens is 454 g/mol. The number of amides is 4. The van der Waals surface area contributed by atoms with Gasteiger partial charge >= 0.3 is 6.09 Å². The number of aromatic nitrogens is 1. The molecule has 3 atom stereocenters. The van der Waals surface area contributed by atoms with Crippen LogP contribution in [0.1, 0.15) is 58.1 Å². The fraction of sp³-hybridized carbons (Fsp3) is 0.625. The van der Waals surface area contributed by atoms with Crippen LogP contribution in [0.3, 0.4) is 0 Å². The zero-order chi connectivity index (χ0) is 25.6. The van der Waals surface area contributed by atoms with Crippen molar-refractivity contribution in [1.82, 2.24) is 26.4 Å². The molecule has 11 heteroatoms. The number of pyridine rings is 1. The highest BCUT2D eigenvalue weighted by Gasteiger charge is 2.35. The van der Waals surface area contributed by atoms with Crippen molar-refractivity contribution >= 4 is 23.8 Å². The Morgan fingerprint density at radius 3 is 2.66 bits per heavy atom. The number of ether oxygens (including phenoxy) is 1. The number of carbonyl (C=O) groups excluding carboxylic acids is 4. The minimum atomic E-state index is -0.851. The molecule has 5 N–H and O–H groups in total. The number of carbonyl (C=O) groups is 4. The van der Waals surface area contributed by atoms with Crippen LogP contribution in [0.25, 0.3) is 0 Å². The summed E-state index contributed by atoms with van der Waals surface area (Å²) in [5.74, 6) is -3.00. The SMILES string of the molecule is CC(C)C[C@H]1C(=O)N[C@H](C(=O)NCc2ccccn2)CCCCNC(=O)OCCC[C@@H]1C(=O)NO. The van der Waals surface area contributed by atoms with Crippen LogP contribution in [-0.2, 0) is 25.7 Å². The smallest absolute Gasteiger partial charge is 0.407 e. The molecule has 194 valence electrons. The number of cyclic esters (lactones) is 1. The molecule has 4 amide bonds. The summed E-state index contributed by atoms with van der Waals surface area (Å²) in [5, 5.41) is 17.6. The second kappa shape index (κ2) is 14.9. The Morgan fingerprint density at radius 1 is 1.17 bits per heavy atom. The van der Waals surface area contributed by atoms with Crippen LogP contribution in [0.2, 0.25) is 0 Å². The molecule has 1 saturated heterocycles. The summed E-state index contributed by atoms with van der Waals surface area (Å²) < 4.78 is 5.14. The van der Waals surface area contributed by atoms with E-state index in [0.29, 0.717) is 44.3 Å². The second-order valence-electron chi connectivity index (χ2n) is 9.12. The van der Waals surface area contributed by atoms with Crippen molar-refractivity contribution in [3.8, 4) is 0 Å². The maximum atomic E-state index is 13.4. The Bertz CT molecular complexity index is 835. The number of rotatable bonds is 6. The van der Waals surface area contributed by atoms with Crippen molar-refractivity contribution in [1.29, 1.82) is 0 Å². The quantitative estimate of drug-likeness (QED) is 0.299. The van der Waals surface area contributed by atoms with Crippen molar-refractivity contribution in [2.75, 3.05) is 13.2 Å². The third-order valence-corrected chi connectivity index (χ3v) is 5.88. The molecular formula is C24H37N5O6. The van der Waals surface area contributed by atoms with Crippen molar-refractivity contribution in [3.63, 3.8) is 0 Å². The molecule has 11 nitrogen and oxygen atoms in total. The van der Waals surface area contributed by atoms with E-state index >= 15 is 0 Å². The predicted molar refractivity (Wildman–Crippen MR) is 127 cm³/mol. The van der Waals surface area contributed by atoms with Crippen molar-refractivity contribution < 1.29 is 29.1 Å². The first-order valence-corrected chi connectivity index (χ1v) is 12.1. The Morgan fingerprint density at radius 2 is 1.97 bits per heavy atom. The van der Waals surface area contributed by atoms with E-state index in [-0.39, 0.29) is 31.4 Å². The fourth-order valence-corrected chi connectivity index (χ4v) is 4.09. The Hall–Kier alpha value is -3.21. The van der Waals surface area contributed by atoms with Crippen LogP contribution < -0.4 is 21.4 Å². The van der Waals surface area contributed by atoms with E-state index in [4.69, 9.17) is 4.74 Å². The molecule has 0 spiro atoms. The van der Waals surface area contributed by atoms with Crippen molar-refractivity contribution in [2.45, 2.75) is 65.0 Å². The highest BCUT2D eigenvalue weighted by atomic mass is 16.5. The maximum Gasteiger partial charge on any atom is 0.407 e. The third-order valence-electron chi connectivity index (χ3n) is 5.88. The lowest BCUT2D eigenvalue weighted by Crippen LogP contribution is -2.50. The molecule has 1 aromatic heterocycles. The summed E-state index contributed by atoms with van der Waals surface area (Å²) >= 11 is 0. The fourth-order valence-electron chi connectivity index (χ4n) is 4.09. The number of alkyl carbamates (subject to hydrolysis) is 1. The molecule has 0 bridgehead atoms. The normalized spacial score (nSPS) is 22.6. The van der Waals surface area contributed by atoms with Gasteiger partial charge in [-0.15, -0.1) is 0 Å². The third kappa shape index (κ3) is 9.89. The second-order valence-corrected chi connectivity index (χ2v) is 9.12. The van der Waals surface area contributed by atoms with Gasteiger partial charge in [-0.3, -0.25) is 24.6 Å². The van der Waals surface area contributed by atoms with Crippen LogP contribution in [0.5, 0.6) is 0 Å². The average molecular weight is 492 g/mol. The van der Waals surface area contributed by atoms with Gasteiger partial charge in [0, 0.05) is 18.7 Å². The first-order chi connectivity index (χ1) is 16.8. The van der Waals surface area contributed by atoms with Gasteiger partial charge in [0.15, 0.2) is 0 Å². The molecule has 2 rings (SSSR count). The molecule has 1 aliphatic heterocycles. The molecule has 0 saturated carbocycles. The lowest BCUT2D eigenvalue weighted by atomic mass is 9.81. The summed E-state index contributed by atoms with van der Waals surface area (Å²) in [4.78, 5) is 54.9. The van der Waals surface area contributed by atoms with Crippen LogP contribution in [0.4, 0.5) is 4.79 Å². The van der Waals surface area contributed by atoms with Gasteiger partial charge in [0.25, 0.3) is 0 Å². The summed E-state index contributed by atoms with van der Waals surface area (Å²) in [6.07, 6.45) is 3.53. The van der Waals surface area contributed by atoms with Crippen molar-refractivity contribution in [2.24, 2.45) is 17.8 Å². The van der Waals surface area contributed by atoms with E-state index in [1.54, 1.807) is 23.8 Å². The summed E-state index contributed by atoms with van der Waals surface area (Å²) in [6, 6.07) is 4.57. The molecule has 2 heterocycles. The van der Waals surface area contributed by atoms with Gasteiger partial charge in [0.05, 0.1) is 24.8 Å². The topological polar surface area (TPSA) is 159 Å². The molecule has 0 aromatic carbocycles. The van der Waals surface area contributed by atoms with Gasteiger partial charge in [-0.1, -0.05) is 19.9 Å². The Balaban J connectivity index is 2.22. The van der Waals surface area contributed by atoms with E-state index < -0.39 is 35.8 Å². The van der Waals surface area contributed by atoms with Gasteiger partial charge in [-0.05, 0) is 56.6 Å². The van der Waals surface area contributed by atoms with E-state index in [9.17, 15) is 24.4 Å². The summed E-state index contributed by atoms with van der Waals surface area (Å²) in [7, 11) is 0. The Kier molecular flexibility index (Phi) is 12.0. The molecule has 35 heavy (non-hydrogen) atoms. The summed E-state index contributed by atoms with van der Waals surface area (Å²) in [5.41, 5.74) is 2.34. The van der Waals surface area contributed by atoms with Crippen molar-refractivity contribution in [3.05, 3.63) is 30.1 Å². The number of hydrogen-bond donors (Lipinski definition) is 5. The highest BCUT2D eigenvalue weighted by Crippen LogP contribution is 2.26. The molecule has 0 unspecified atom stereocenters. The monoisotopic (exact) mass is 491 g/mol. The maximum absolute atomic E-state index is 13.4. The average Bonchev–Trinajstić information content (AvgIpc) is 2.85. The lowest BCUT2D eigenvalue weighted by molar-refractivity contribution is -0.142. The lowest BCUT2D eigenvalue weighted by Gasteiger charge is -2.28. The highest BCUT2D eigenvalue weighted by molar-refractivity contribution is 5.91. The number of hydrogen-bond acceptors (Lipinski definition) is 7. The Labute approximate surface area is 205 Å². The first kappa shape index (κ1) is 28.0. The van der Waals surface area contributed by atoms with Crippen LogP contribution in [0.15, 0.2) is 24.4 Å². The number of nitrogens with one attached hydrogen (secondary N) is 4. The van der Waals surface area contributed by atoms with Gasteiger partial charge in [0.2, 0.25) is 17.7 Å². The number of hydroxylamine groups is 1. The van der Waals surface area contributed by atoms with Crippen LogP contribution >= 0.6 is 0 Å². The molecule has 1 aromatic rings. The van der Waals surface area contributed by atoms with E-state index in [0.717, 1.165) is 0 Å². The minimum absolute atomic E-state index is 0.0790. The number of nitrogens with zero attached hydrogens (tertiary/aromatic N) is 1. The largest absolute Gasteiger partial charge is 0.450 e. The zero-order valence-corrected chi connectivity index (χ0v) is 20.4. The standard InChI is InChI=1S/C24H37N5O6/c1-16(2)14-19-18(22(31)29-34)9-7-13-35-24(33)26-12-6-4-10-20(28-21(19)30)23(32)27-15-17-8-3-5-11-25-17/h3,5,8,11,16,18-20,34H,4,6-7,9-10,12-15H2,1-2H3,(H,26,33)(H,27,32)(H,28,30)(H,29,31)/t18-,19+,20-/m0/s1. The van der Waals surface area contributed by atoms with Crippen LogP contribution in [0, 0.1) is 17.8 Å². The molecule has 1 aliphatic rings. The van der Waals surface area contributed by atoms with E-state index in [1.165, 1.54) is 0 Å². The molecule has 1 fully saturated rings. The van der Waals surface area contributed by atoms with Gasteiger partial charge in [-0.2, -0.15) is 0 Å². The van der Waals surface area contributed by atoms with Gasteiger partial charge in [-0.25, -0.2) is 10.3 Å². The minimum Gasteiger partial charge on any atom is -0.450 e. The zero-order valence-electron chi connectivity index (χ0n) is 20.4. The summed E-state index contributed by atoms with van der Waals surface area (Å²) in [6.45, 7) is 4.53. The van der Waals surface area contributed by atoms with Gasteiger partial charge in [0.1, 0.15) is 6.04 Å². The first-order valence-electron chi connectivity index (χ1n) is 12.1. The van der Waals surface area contributed by atoms with E-state index in [1.807, 2.05) is 19.9 Å². The van der Waals surface area contributed by atoms with E-state index in [2.05, 4.69) is 20.9 Å².